The van der Waals surface area contributed by atoms with E-state index in [0.29, 0.717) is 10.9 Å². The van der Waals surface area contributed by atoms with Crippen LogP contribution in [0.2, 0.25) is 0 Å². The van der Waals surface area contributed by atoms with E-state index in [1.165, 1.54) is 11.3 Å². The zero-order chi connectivity index (χ0) is 16.9. The summed E-state index contributed by atoms with van der Waals surface area (Å²) in [7, 11) is -1.02. The second-order valence-corrected chi connectivity index (χ2v) is 7.23. The van der Waals surface area contributed by atoms with Gasteiger partial charge in [0.1, 0.15) is 5.82 Å². The highest BCUT2D eigenvalue weighted by molar-refractivity contribution is 7.84. The van der Waals surface area contributed by atoms with Crippen molar-refractivity contribution in [2.75, 3.05) is 17.4 Å². The third kappa shape index (κ3) is 3.87. The Bertz CT molecular complexity index is 888. The molecule has 3 aromatic rings. The molecule has 1 heterocycles. The zero-order valence-electron chi connectivity index (χ0n) is 13.0. The van der Waals surface area contributed by atoms with Gasteiger partial charge in [-0.1, -0.05) is 42.5 Å². The third-order valence-corrected chi connectivity index (χ3v) is 5.05. The van der Waals surface area contributed by atoms with E-state index in [4.69, 9.17) is 5.73 Å². The van der Waals surface area contributed by atoms with Gasteiger partial charge in [-0.25, -0.2) is 4.98 Å². The van der Waals surface area contributed by atoms with E-state index in [1.807, 2.05) is 48.5 Å². The topological polar surface area (TPSA) is 80.4 Å². The molecule has 0 saturated heterocycles. The smallest absolute Gasteiger partial charge is 0.205 e. The quantitative estimate of drug-likeness (QED) is 0.541. The van der Waals surface area contributed by atoms with Crippen molar-refractivity contribution in [3.8, 4) is 11.1 Å². The van der Waals surface area contributed by atoms with Crippen LogP contribution in [-0.4, -0.2) is 21.7 Å². The van der Waals surface area contributed by atoms with Crippen LogP contribution in [-0.2, 0) is 10.8 Å². The monoisotopic (exact) mass is 356 g/mol. The summed E-state index contributed by atoms with van der Waals surface area (Å²) in [4.78, 5) is 4.90. The lowest BCUT2D eigenvalue weighted by Gasteiger charge is -2.07. The molecule has 0 fully saturated rings. The Morgan fingerprint density at radius 2 is 1.96 bits per heavy atom. The van der Waals surface area contributed by atoms with Crippen molar-refractivity contribution in [1.29, 1.82) is 0 Å². The molecule has 7 heteroatoms. The van der Waals surface area contributed by atoms with Crippen LogP contribution in [0, 0.1) is 0 Å². The number of nitrogens with one attached hydrogen (secondary N) is 1. The molecule has 1 atom stereocenters. The Hall–Kier alpha value is -2.51. The number of hydrogen-bond donors (Lipinski definition) is 2. The minimum Gasteiger partial charge on any atom is -0.383 e. The van der Waals surface area contributed by atoms with Gasteiger partial charge in [0, 0.05) is 16.5 Å². The van der Waals surface area contributed by atoms with Crippen LogP contribution >= 0.6 is 11.3 Å². The summed E-state index contributed by atoms with van der Waals surface area (Å²) in [6, 6.07) is 15.6. The van der Waals surface area contributed by atoms with E-state index in [1.54, 1.807) is 17.9 Å². The van der Waals surface area contributed by atoms with Gasteiger partial charge in [-0.3, -0.25) is 9.63 Å². The molecule has 0 saturated carbocycles. The molecular formula is C17H16N4OS2. The largest absolute Gasteiger partial charge is 0.383 e. The minimum absolute atomic E-state index is 0.481. The van der Waals surface area contributed by atoms with E-state index in [2.05, 4.69) is 15.5 Å². The van der Waals surface area contributed by atoms with Gasteiger partial charge in [0.25, 0.3) is 0 Å². The van der Waals surface area contributed by atoms with E-state index in [9.17, 15) is 4.21 Å². The van der Waals surface area contributed by atoms with Crippen molar-refractivity contribution in [1.82, 2.24) is 4.98 Å². The highest BCUT2D eigenvalue weighted by Crippen LogP contribution is 2.25. The summed E-state index contributed by atoms with van der Waals surface area (Å²) in [5.74, 6) is 0.481. The minimum atomic E-state index is -1.02. The second-order valence-electron chi connectivity index (χ2n) is 5.02. The molecule has 3 N–H and O–H groups in total. The molecule has 2 aromatic carbocycles. The molecule has 5 nitrogen and oxygen atoms in total. The highest BCUT2D eigenvalue weighted by atomic mass is 32.2. The van der Waals surface area contributed by atoms with Crippen LogP contribution in [0.1, 0.15) is 5.56 Å². The second kappa shape index (κ2) is 7.37. The summed E-state index contributed by atoms with van der Waals surface area (Å²) < 4.78 is 11.9. The number of nitrogen functional groups attached to an aromatic ring is 1. The standard InChI is InChI=1S/C17H16N4OS2/c1-24(22)15-5-3-2-4-14(15)13-8-6-12(7-9-13)10-19-21-17-20-16(18)11-23-17/h2-11H,18H2,1H3,(H,20,21). The molecule has 0 aliphatic rings. The van der Waals surface area contributed by atoms with E-state index < -0.39 is 10.8 Å². The maximum Gasteiger partial charge on any atom is 0.205 e. The van der Waals surface area contributed by atoms with Crippen LogP contribution < -0.4 is 11.2 Å². The fraction of sp³-hybridized carbons (Fsp3) is 0.0588. The van der Waals surface area contributed by atoms with Crippen molar-refractivity contribution in [2.45, 2.75) is 4.90 Å². The predicted molar refractivity (Wildman–Crippen MR) is 102 cm³/mol. The van der Waals surface area contributed by atoms with E-state index >= 15 is 0 Å². The Labute approximate surface area is 146 Å². The number of thiazole rings is 1. The molecule has 0 spiro atoms. The molecule has 24 heavy (non-hydrogen) atoms. The molecular weight excluding hydrogens is 340 g/mol. The number of hydrogen-bond acceptors (Lipinski definition) is 6. The van der Waals surface area contributed by atoms with E-state index in [0.717, 1.165) is 21.6 Å². The maximum atomic E-state index is 11.9. The number of nitrogens with zero attached hydrogens (tertiary/aromatic N) is 2. The van der Waals surface area contributed by atoms with Gasteiger partial charge >= 0.3 is 0 Å². The van der Waals surface area contributed by atoms with Crippen LogP contribution in [0.3, 0.4) is 0 Å². The van der Waals surface area contributed by atoms with Crippen molar-refractivity contribution < 1.29 is 4.21 Å². The first-order valence-corrected chi connectivity index (χ1v) is 9.60. The number of anilines is 2. The molecule has 0 amide bonds. The SMILES string of the molecule is CS(=O)c1ccccc1-c1ccc(C=NNc2nc(N)cs2)cc1. The molecule has 3 rings (SSSR count). The lowest BCUT2D eigenvalue weighted by atomic mass is 10.0. The highest BCUT2D eigenvalue weighted by Gasteiger charge is 2.07. The summed E-state index contributed by atoms with van der Waals surface area (Å²) in [5.41, 5.74) is 11.4. The van der Waals surface area contributed by atoms with Crippen LogP contribution in [0.4, 0.5) is 10.9 Å². The summed E-state index contributed by atoms with van der Waals surface area (Å²) in [6.07, 6.45) is 3.40. The Morgan fingerprint density at radius 3 is 2.62 bits per heavy atom. The van der Waals surface area contributed by atoms with Crippen LogP contribution in [0.5, 0.6) is 0 Å². The van der Waals surface area contributed by atoms with Gasteiger partial charge in [0.15, 0.2) is 0 Å². The molecule has 0 radical (unpaired) electrons. The molecule has 122 valence electrons. The first kappa shape index (κ1) is 16.4. The predicted octanol–water partition coefficient (Wildman–Crippen LogP) is 3.58. The number of benzene rings is 2. The van der Waals surface area contributed by atoms with Crippen molar-refractivity contribution in [2.24, 2.45) is 5.10 Å². The van der Waals surface area contributed by atoms with E-state index in [-0.39, 0.29) is 0 Å². The average Bonchev–Trinajstić information content (AvgIpc) is 3.01. The normalized spacial score (nSPS) is 12.4. The molecule has 1 unspecified atom stereocenters. The number of rotatable bonds is 5. The van der Waals surface area contributed by atoms with Gasteiger partial charge in [0.2, 0.25) is 5.13 Å². The van der Waals surface area contributed by atoms with Gasteiger partial charge in [-0.05, 0) is 22.8 Å². The van der Waals surface area contributed by atoms with Gasteiger partial charge in [-0.15, -0.1) is 11.3 Å². The lowest BCUT2D eigenvalue weighted by Crippen LogP contribution is -1.93. The summed E-state index contributed by atoms with van der Waals surface area (Å²) in [6.45, 7) is 0. The van der Waals surface area contributed by atoms with Crippen molar-refractivity contribution in [3.05, 3.63) is 59.5 Å². The Balaban J connectivity index is 1.75. The number of hydrazone groups is 1. The molecule has 0 bridgehead atoms. The Morgan fingerprint density at radius 1 is 1.21 bits per heavy atom. The maximum absolute atomic E-state index is 11.9. The first-order valence-electron chi connectivity index (χ1n) is 7.16. The van der Waals surface area contributed by atoms with Crippen molar-refractivity contribution >= 4 is 39.3 Å². The van der Waals surface area contributed by atoms with Crippen molar-refractivity contribution in [3.63, 3.8) is 0 Å². The number of nitrogens with two attached hydrogens (primary N) is 1. The van der Waals surface area contributed by atoms with Crippen LogP contribution in [0.25, 0.3) is 11.1 Å². The Kier molecular flexibility index (Phi) is 5.02. The molecule has 0 aliphatic carbocycles. The first-order chi connectivity index (χ1) is 11.6. The molecule has 1 aromatic heterocycles. The fourth-order valence-corrected chi connectivity index (χ4v) is 3.52. The van der Waals surface area contributed by atoms with Gasteiger partial charge in [0.05, 0.1) is 17.0 Å². The number of aromatic nitrogens is 1. The van der Waals surface area contributed by atoms with Gasteiger partial charge in [-0.2, -0.15) is 5.10 Å². The van der Waals surface area contributed by atoms with Crippen LogP contribution in [0.15, 0.2) is 63.9 Å². The summed E-state index contributed by atoms with van der Waals surface area (Å²) in [5, 5.41) is 6.55. The average molecular weight is 356 g/mol. The zero-order valence-corrected chi connectivity index (χ0v) is 14.6. The summed E-state index contributed by atoms with van der Waals surface area (Å²) >= 11 is 1.40. The molecule has 0 aliphatic heterocycles. The van der Waals surface area contributed by atoms with Gasteiger partial charge < -0.3 is 5.73 Å². The lowest BCUT2D eigenvalue weighted by molar-refractivity contribution is 0.687. The fourth-order valence-electron chi connectivity index (χ4n) is 2.20. The third-order valence-electron chi connectivity index (χ3n) is 3.31.